The number of unbranched alkanes of at least 4 members (excludes halogenated alkanes) is 2. The number of epoxide rings is 1. The number of esters is 1. The lowest BCUT2D eigenvalue weighted by Crippen LogP contribution is -2.60. The molecule has 472 valence electrons. The standard InChI is InChI=1S/C63H94N6O16/c1-11-48(71)43(6)58-49(83-58)38-62(8,81)29-15-17-41(4)57-42(5)20-25-50(63(9,82-10)30-28-47(70)37-55(77)85-57)84-61(80)67-32-35-69(36-33-67,34-16-19-54(75)76)39-45-21-23-46(24-22-45)65-59(78)44(7)64-60(79)56(40(2)3)66-51(72)18-13-12-14-31-68-52(73)26-27-53(68)74/h15,17,20-27,29,40,42-44,47-50,56-58,70-71,81H,11-14,16,18-19,28,30-39H2,1-10H3,(H3-,64,65,66,72,75,76,78,79)/p+1/b25-20+,29-15+,41-17+/t42-,43+,44-,47+,48-,49+,50-,56+,57+,58+,62-,63+/m0/s1. The maximum absolute atomic E-state index is 14.2. The van der Waals surface area contributed by atoms with Gasteiger partial charge in [-0.05, 0) is 89.5 Å². The number of aliphatic hydroxyl groups excluding tert-OH is 2. The predicted molar refractivity (Wildman–Crippen MR) is 317 cm³/mol. The van der Waals surface area contributed by atoms with Crippen LogP contribution in [0.1, 0.15) is 139 Å². The molecule has 2 saturated heterocycles. The first-order chi connectivity index (χ1) is 40.1. The third kappa shape index (κ3) is 21.3. The molecule has 1 aromatic carbocycles. The molecule has 1 aromatic rings. The van der Waals surface area contributed by atoms with Gasteiger partial charge >= 0.3 is 18.0 Å². The molecule has 0 saturated carbocycles. The quantitative estimate of drug-likeness (QED) is 0.0102. The molecule has 4 aliphatic heterocycles. The number of benzene rings is 1. The molecular weight excluding hydrogens is 1100 g/mol. The smallest absolute Gasteiger partial charge is 0.410 e. The van der Waals surface area contributed by atoms with Crippen molar-refractivity contribution in [3.63, 3.8) is 0 Å². The number of methoxy groups -OCH3 is 1. The molecule has 7 N–H and O–H groups in total. The molecule has 0 radical (unpaired) electrons. The van der Waals surface area contributed by atoms with E-state index in [4.69, 9.17) is 18.9 Å². The number of hydrogen-bond acceptors (Lipinski definition) is 15. The fourth-order valence-electron chi connectivity index (χ4n) is 11.2. The number of ether oxygens (including phenoxy) is 4. The maximum atomic E-state index is 14.2. The van der Waals surface area contributed by atoms with Gasteiger partial charge < -0.3 is 59.8 Å². The van der Waals surface area contributed by atoms with Crippen molar-refractivity contribution in [3.8, 4) is 0 Å². The van der Waals surface area contributed by atoms with Gasteiger partial charge in [0.15, 0.2) is 6.10 Å². The first kappa shape index (κ1) is 69.5. The number of allylic oxidation sites excluding steroid dienone is 2. The summed E-state index contributed by atoms with van der Waals surface area (Å²) >= 11 is 0. The number of anilines is 1. The van der Waals surface area contributed by atoms with Crippen molar-refractivity contribution in [1.82, 2.24) is 20.4 Å². The monoisotopic (exact) mass is 1190 g/mol. The molecule has 22 heteroatoms. The number of quaternary nitrogens is 1. The first-order valence-electron chi connectivity index (χ1n) is 30.2. The van der Waals surface area contributed by atoms with Crippen LogP contribution in [-0.2, 0) is 59.1 Å². The number of carboxylic acid groups (broad SMARTS) is 1. The Morgan fingerprint density at radius 3 is 2.24 bits per heavy atom. The molecule has 5 rings (SSSR count). The van der Waals surface area contributed by atoms with E-state index < -0.39 is 83.5 Å². The average Bonchev–Trinajstić information content (AvgIpc) is 2.95. The van der Waals surface area contributed by atoms with Crippen molar-refractivity contribution in [2.45, 2.75) is 199 Å². The van der Waals surface area contributed by atoms with Crippen molar-refractivity contribution in [1.29, 1.82) is 0 Å². The van der Waals surface area contributed by atoms with Crippen LogP contribution in [0.3, 0.4) is 0 Å². The molecular formula is C63H95N6O16+. The molecule has 0 aliphatic carbocycles. The lowest BCUT2D eigenvalue weighted by molar-refractivity contribution is -0.944. The summed E-state index contributed by atoms with van der Waals surface area (Å²) in [6.45, 7) is 19.0. The molecule has 0 aromatic heterocycles. The summed E-state index contributed by atoms with van der Waals surface area (Å²) in [6.07, 6.45) is 10.1. The molecule has 6 amide bonds. The van der Waals surface area contributed by atoms with Crippen molar-refractivity contribution >= 4 is 53.3 Å². The number of rotatable bonds is 28. The Kier molecular flexibility index (Phi) is 26.1. The minimum Gasteiger partial charge on any atom is -0.481 e. The number of carbonyl (C=O) groups excluding carboxylic acids is 7. The summed E-state index contributed by atoms with van der Waals surface area (Å²) in [5, 5.41) is 50.5. The van der Waals surface area contributed by atoms with E-state index in [1.165, 1.54) is 19.3 Å². The van der Waals surface area contributed by atoms with Crippen LogP contribution < -0.4 is 16.0 Å². The van der Waals surface area contributed by atoms with E-state index in [0.717, 1.165) is 10.5 Å². The lowest BCUT2D eigenvalue weighted by atomic mass is 9.88. The lowest BCUT2D eigenvalue weighted by Gasteiger charge is -2.45. The molecule has 2 fully saturated rings. The molecule has 4 aliphatic rings. The Hall–Kier alpha value is -6.30. The largest absolute Gasteiger partial charge is 0.481 e. The number of aliphatic hydroxyl groups is 3. The number of hydrogen-bond donors (Lipinski definition) is 7. The minimum atomic E-state index is -1.22. The fourth-order valence-corrected chi connectivity index (χ4v) is 11.2. The van der Waals surface area contributed by atoms with Crippen molar-refractivity contribution in [3.05, 3.63) is 77.9 Å². The summed E-state index contributed by atoms with van der Waals surface area (Å²) in [5.41, 5.74) is -0.289. The summed E-state index contributed by atoms with van der Waals surface area (Å²) < 4.78 is 24.6. The highest BCUT2D eigenvalue weighted by atomic mass is 16.6. The molecule has 4 heterocycles. The normalized spacial score (nSPS) is 26.3. The Morgan fingerprint density at radius 1 is 0.941 bits per heavy atom. The third-order valence-electron chi connectivity index (χ3n) is 17.0. The number of nitrogens with zero attached hydrogens (tertiary/aromatic N) is 3. The summed E-state index contributed by atoms with van der Waals surface area (Å²) in [4.78, 5) is 105. The predicted octanol–water partition coefficient (Wildman–Crippen LogP) is 5.63. The van der Waals surface area contributed by atoms with Crippen LogP contribution in [0, 0.1) is 17.8 Å². The third-order valence-corrected chi connectivity index (χ3v) is 17.0. The van der Waals surface area contributed by atoms with Gasteiger partial charge in [0.05, 0.1) is 75.6 Å². The van der Waals surface area contributed by atoms with E-state index in [9.17, 15) is 58.8 Å². The number of aliphatic carboxylic acids is 1. The van der Waals surface area contributed by atoms with Crippen molar-refractivity contribution in [2.24, 2.45) is 17.8 Å². The van der Waals surface area contributed by atoms with Gasteiger partial charge in [0.25, 0.3) is 11.8 Å². The van der Waals surface area contributed by atoms with Gasteiger partial charge in [0, 0.05) is 68.2 Å². The first-order valence-corrected chi connectivity index (χ1v) is 30.2. The molecule has 85 heavy (non-hydrogen) atoms. The topological polar surface area (TPSA) is 300 Å². The van der Waals surface area contributed by atoms with E-state index in [1.54, 1.807) is 76.0 Å². The van der Waals surface area contributed by atoms with Gasteiger partial charge in [-0.1, -0.05) is 77.5 Å². The second-order valence-electron chi connectivity index (χ2n) is 24.5. The van der Waals surface area contributed by atoms with E-state index in [0.29, 0.717) is 93.5 Å². The molecule has 0 bridgehead atoms. The molecule has 12 atom stereocenters. The zero-order valence-electron chi connectivity index (χ0n) is 51.5. The van der Waals surface area contributed by atoms with Crippen LogP contribution in [0.4, 0.5) is 10.5 Å². The number of carboxylic acids is 1. The van der Waals surface area contributed by atoms with E-state index in [1.807, 2.05) is 45.9 Å². The van der Waals surface area contributed by atoms with Gasteiger partial charge in [0.2, 0.25) is 17.7 Å². The van der Waals surface area contributed by atoms with Crippen molar-refractivity contribution < 1.29 is 82.2 Å². The molecule has 0 spiro atoms. The highest BCUT2D eigenvalue weighted by Gasteiger charge is 2.47. The Labute approximate surface area is 501 Å². The average molecular weight is 1190 g/mol. The summed E-state index contributed by atoms with van der Waals surface area (Å²) in [6, 6.07) is 5.38. The Balaban J connectivity index is 1.18. The molecule has 0 unspecified atom stereocenters. The number of imide groups is 1. The highest BCUT2D eigenvalue weighted by Crippen LogP contribution is 2.38. The Bertz CT molecular complexity index is 2570. The SMILES string of the molecule is CC[C@H](O)[C@@H](C)[C@H]1O[C@@H]1C[C@@](C)(O)/C=C/C=C(\C)[C@H]1OC(=O)C[C@H](O)CC[C@@](C)(OC)[C@@H](OC(=O)N2CC[N+](CCCC(=O)O)(Cc3ccc(NC(=O)[C@H](C)NC(=O)[C@H](NC(=O)CCCCCN4C(=O)C=CC4=O)C(C)C)cc3)CC2)/C=C/[C@@H]1C. The second kappa shape index (κ2) is 31.9. The number of nitrogens with one attached hydrogen (secondary N) is 3. The second-order valence-corrected chi connectivity index (χ2v) is 24.5. The zero-order chi connectivity index (χ0) is 62.8. The Morgan fingerprint density at radius 2 is 1.61 bits per heavy atom. The van der Waals surface area contributed by atoms with E-state index in [-0.39, 0.29) is 80.4 Å². The van der Waals surface area contributed by atoms with Gasteiger partial charge in [-0.25, -0.2) is 4.79 Å². The molecule has 22 nitrogen and oxygen atoms in total. The summed E-state index contributed by atoms with van der Waals surface area (Å²) in [5.74, 6) is -4.32. The van der Waals surface area contributed by atoms with Crippen LogP contribution in [-0.4, -0.2) is 189 Å². The van der Waals surface area contributed by atoms with Gasteiger partial charge in [-0.2, -0.15) is 0 Å². The van der Waals surface area contributed by atoms with Gasteiger partial charge in [-0.3, -0.25) is 43.4 Å². The number of carbonyl (C=O) groups is 8. The fraction of sp³-hybridized carbons (Fsp3) is 0.651. The summed E-state index contributed by atoms with van der Waals surface area (Å²) in [7, 11) is 1.50. The zero-order valence-corrected chi connectivity index (χ0v) is 51.5. The van der Waals surface area contributed by atoms with Crippen LogP contribution in [0.15, 0.2) is 72.4 Å². The maximum Gasteiger partial charge on any atom is 0.410 e. The van der Waals surface area contributed by atoms with Crippen LogP contribution in [0.5, 0.6) is 0 Å². The number of amides is 6. The minimum absolute atomic E-state index is 0.0317. The van der Waals surface area contributed by atoms with Gasteiger partial charge in [-0.15, -0.1) is 0 Å². The van der Waals surface area contributed by atoms with Crippen LogP contribution in [0.2, 0.25) is 0 Å². The van der Waals surface area contributed by atoms with Crippen LogP contribution >= 0.6 is 0 Å². The highest BCUT2D eigenvalue weighted by molar-refractivity contribution is 6.12. The number of cyclic esters (lactones) is 1. The van der Waals surface area contributed by atoms with Crippen LogP contribution in [0.25, 0.3) is 0 Å². The van der Waals surface area contributed by atoms with E-state index >= 15 is 0 Å². The van der Waals surface area contributed by atoms with Gasteiger partial charge in [0.1, 0.15) is 30.3 Å². The van der Waals surface area contributed by atoms with Crippen molar-refractivity contribution in [2.75, 3.05) is 51.7 Å². The number of piperazine rings is 1. The van der Waals surface area contributed by atoms with E-state index in [2.05, 4.69) is 16.0 Å².